The average molecular weight is 355 g/mol. The van der Waals surface area contributed by atoms with Gasteiger partial charge in [-0.3, -0.25) is 14.7 Å². The van der Waals surface area contributed by atoms with Gasteiger partial charge in [0.05, 0.1) is 12.7 Å². The van der Waals surface area contributed by atoms with Crippen molar-refractivity contribution in [3.63, 3.8) is 0 Å². The summed E-state index contributed by atoms with van der Waals surface area (Å²) in [6.45, 7) is 10.1. The molecular formula is C21H29N3O2. The summed E-state index contributed by atoms with van der Waals surface area (Å²) in [5.41, 5.74) is 2.48. The lowest BCUT2D eigenvalue weighted by atomic mass is 10.1. The third kappa shape index (κ3) is 5.30. The lowest BCUT2D eigenvalue weighted by molar-refractivity contribution is 0.0939. The molecule has 0 saturated heterocycles. The second-order valence-corrected chi connectivity index (χ2v) is 6.87. The Morgan fingerprint density at radius 3 is 2.31 bits per heavy atom. The molecular weight excluding hydrogens is 326 g/mol. The number of carbonyl (C=O) groups excluding carboxylic acids is 1. The zero-order chi connectivity index (χ0) is 19.1. The van der Waals surface area contributed by atoms with E-state index in [9.17, 15) is 4.79 Å². The molecule has 1 heterocycles. The van der Waals surface area contributed by atoms with Gasteiger partial charge in [-0.05, 0) is 51.5 Å². The Morgan fingerprint density at radius 2 is 1.73 bits per heavy atom. The molecule has 5 nitrogen and oxygen atoms in total. The molecule has 5 heteroatoms. The molecule has 0 unspecified atom stereocenters. The number of nitrogens with one attached hydrogen (secondary N) is 1. The van der Waals surface area contributed by atoms with Gasteiger partial charge in [0, 0.05) is 43.1 Å². The molecule has 0 fully saturated rings. The number of pyridine rings is 1. The Balaban J connectivity index is 2.01. The normalized spacial score (nSPS) is 11.2. The third-order valence-corrected chi connectivity index (χ3v) is 4.41. The minimum Gasteiger partial charge on any atom is -0.497 e. The Hall–Kier alpha value is -2.40. The topological polar surface area (TPSA) is 54.5 Å². The first-order valence-electron chi connectivity index (χ1n) is 9.05. The van der Waals surface area contributed by atoms with Gasteiger partial charge in [0.2, 0.25) is 0 Å². The largest absolute Gasteiger partial charge is 0.497 e. The molecule has 0 aliphatic heterocycles. The van der Waals surface area contributed by atoms with E-state index in [1.54, 1.807) is 19.5 Å². The van der Waals surface area contributed by atoms with Crippen LogP contribution in [-0.4, -0.2) is 48.1 Å². The van der Waals surface area contributed by atoms with Crippen LogP contribution in [0.1, 0.15) is 38.1 Å². The van der Waals surface area contributed by atoms with Crippen molar-refractivity contribution < 1.29 is 9.53 Å². The summed E-state index contributed by atoms with van der Waals surface area (Å²) in [5, 5.41) is 3.00. The Kier molecular flexibility index (Phi) is 7.16. The van der Waals surface area contributed by atoms with E-state index < -0.39 is 0 Å². The van der Waals surface area contributed by atoms with Crippen LogP contribution in [-0.2, 0) is 0 Å². The number of amides is 1. The van der Waals surface area contributed by atoms with Crippen LogP contribution >= 0.6 is 0 Å². The average Bonchev–Trinajstić information content (AvgIpc) is 2.64. The maximum atomic E-state index is 12.5. The van der Waals surface area contributed by atoms with E-state index in [4.69, 9.17) is 4.74 Å². The van der Waals surface area contributed by atoms with Gasteiger partial charge < -0.3 is 10.1 Å². The minimum absolute atomic E-state index is 0.0969. The van der Waals surface area contributed by atoms with E-state index in [-0.39, 0.29) is 5.91 Å². The van der Waals surface area contributed by atoms with Gasteiger partial charge in [0.1, 0.15) is 5.75 Å². The highest BCUT2D eigenvalue weighted by Crippen LogP contribution is 2.22. The molecule has 0 radical (unpaired) electrons. The van der Waals surface area contributed by atoms with Crippen molar-refractivity contribution in [3.05, 3.63) is 48.3 Å². The quantitative estimate of drug-likeness (QED) is 0.786. The predicted molar refractivity (Wildman–Crippen MR) is 106 cm³/mol. The summed E-state index contributed by atoms with van der Waals surface area (Å²) in [7, 11) is 1.64. The molecule has 1 N–H and O–H groups in total. The summed E-state index contributed by atoms with van der Waals surface area (Å²) < 4.78 is 5.18. The monoisotopic (exact) mass is 355 g/mol. The molecule has 26 heavy (non-hydrogen) atoms. The standard InChI is InChI=1S/C21H29N3O2/c1-15(2)24(16(3)4)11-10-23-21(25)19-12-18(13-22-14-19)17-6-8-20(26-5)9-7-17/h6-9,12-16H,10-11H2,1-5H3,(H,23,25). The molecule has 1 amide bonds. The number of benzene rings is 1. The molecule has 1 aromatic carbocycles. The van der Waals surface area contributed by atoms with Crippen molar-refractivity contribution in [2.75, 3.05) is 20.2 Å². The molecule has 0 aliphatic carbocycles. The Bertz CT molecular complexity index is 703. The van der Waals surface area contributed by atoms with Gasteiger partial charge in [-0.25, -0.2) is 0 Å². The van der Waals surface area contributed by atoms with Crippen LogP contribution in [0.5, 0.6) is 5.75 Å². The Labute approximate surface area is 156 Å². The van der Waals surface area contributed by atoms with Crippen LogP contribution in [0.3, 0.4) is 0 Å². The number of ether oxygens (including phenoxy) is 1. The third-order valence-electron chi connectivity index (χ3n) is 4.41. The molecule has 0 saturated carbocycles. The number of hydrogen-bond donors (Lipinski definition) is 1. The molecule has 2 aromatic rings. The highest BCUT2D eigenvalue weighted by atomic mass is 16.5. The first kappa shape index (κ1) is 19.9. The van der Waals surface area contributed by atoms with E-state index in [0.29, 0.717) is 24.2 Å². The van der Waals surface area contributed by atoms with Crippen molar-refractivity contribution in [1.29, 1.82) is 0 Å². The molecule has 0 aliphatic rings. The number of nitrogens with zero attached hydrogens (tertiary/aromatic N) is 2. The zero-order valence-corrected chi connectivity index (χ0v) is 16.3. The highest BCUT2D eigenvalue weighted by Gasteiger charge is 2.14. The first-order chi connectivity index (χ1) is 12.4. The second-order valence-electron chi connectivity index (χ2n) is 6.87. The molecule has 0 spiro atoms. The number of carbonyl (C=O) groups is 1. The van der Waals surface area contributed by atoms with E-state index >= 15 is 0 Å². The number of hydrogen-bond acceptors (Lipinski definition) is 4. The van der Waals surface area contributed by atoms with Gasteiger partial charge in [-0.15, -0.1) is 0 Å². The second kappa shape index (κ2) is 9.34. The van der Waals surface area contributed by atoms with Crippen LogP contribution in [0.2, 0.25) is 0 Å². The molecule has 140 valence electrons. The summed E-state index contributed by atoms with van der Waals surface area (Å²) in [4.78, 5) is 19.0. The van der Waals surface area contributed by atoms with E-state index in [1.165, 1.54) is 0 Å². The smallest absolute Gasteiger partial charge is 0.252 e. The number of rotatable bonds is 8. The lowest BCUT2D eigenvalue weighted by Crippen LogP contribution is -2.42. The maximum Gasteiger partial charge on any atom is 0.252 e. The first-order valence-corrected chi connectivity index (χ1v) is 9.05. The SMILES string of the molecule is COc1ccc(-c2cncc(C(=O)NCCN(C(C)C)C(C)C)c2)cc1. The fraction of sp³-hybridized carbons (Fsp3) is 0.429. The number of aromatic nitrogens is 1. The van der Waals surface area contributed by atoms with Crippen molar-refractivity contribution >= 4 is 5.91 Å². The van der Waals surface area contributed by atoms with Crippen LogP contribution < -0.4 is 10.1 Å². The van der Waals surface area contributed by atoms with Crippen molar-refractivity contribution in [2.24, 2.45) is 0 Å². The summed E-state index contributed by atoms with van der Waals surface area (Å²) in [6, 6.07) is 10.5. The van der Waals surface area contributed by atoms with Crippen molar-refractivity contribution in [3.8, 4) is 16.9 Å². The van der Waals surface area contributed by atoms with Crippen LogP contribution in [0.15, 0.2) is 42.7 Å². The fourth-order valence-corrected chi connectivity index (χ4v) is 3.02. The summed E-state index contributed by atoms with van der Waals surface area (Å²) in [5.74, 6) is 0.704. The summed E-state index contributed by atoms with van der Waals surface area (Å²) >= 11 is 0. The van der Waals surface area contributed by atoms with E-state index in [0.717, 1.165) is 23.4 Å². The zero-order valence-electron chi connectivity index (χ0n) is 16.3. The van der Waals surface area contributed by atoms with Gasteiger partial charge in [0.15, 0.2) is 0 Å². The predicted octanol–water partition coefficient (Wildman–Crippen LogP) is 3.61. The molecule has 1 aromatic heterocycles. The van der Waals surface area contributed by atoms with Crippen LogP contribution in [0, 0.1) is 0 Å². The van der Waals surface area contributed by atoms with Crippen molar-refractivity contribution in [2.45, 2.75) is 39.8 Å². The van der Waals surface area contributed by atoms with Gasteiger partial charge in [0.25, 0.3) is 5.91 Å². The van der Waals surface area contributed by atoms with E-state index in [2.05, 4.69) is 42.9 Å². The minimum atomic E-state index is -0.0969. The van der Waals surface area contributed by atoms with Gasteiger partial charge >= 0.3 is 0 Å². The van der Waals surface area contributed by atoms with Gasteiger partial charge in [-0.2, -0.15) is 0 Å². The summed E-state index contributed by atoms with van der Waals surface area (Å²) in [6.07, 6.45) is 3.36. The van der Waals surface area contributed by atoms with Gasteiger partial charge in [-0.1, -0.05) is 12.1 Å². The van der Waals surface area contributed by atoms with Crippen LogP contribution in [0.25, 0.3) is 11.1 Å². The fourth-order valence-electron chi connectivity index (χ4n) is 3.02. The van der Waals surface area contributed by atoms with E-state index in [1.807, 2.05) is 30.3 Å². The molecule has 0 atom stereocenters. The Morgan fingerprint density at radius 1 is 1.08 bits per heavy atom. The van der Waals surface area contributed by atoms with Crippen LogP contribution in [0.4, 0.5) is 0 Å². The lowest BCUT2D eigenvalue weighted by Gasteiger charge is -2.30. The number of methoxy groups -OCH3 is 1. The highest BCUT2D eigenvalue weighted by molar-refractivity contribution is 5.95. The van der Waals surface area contributed by atoms with Crippen molar-refractivity contribution in [1.82, 2.24) is 15.2 Å². The molecule has 2 rings (SSSR count). The maximum absolute atomic E-state index is 12.5. The molecule has 0 bridgehead atoms.